The minimum atomic E-state index is -1.34. The van der Waals surface area contributed by atoms with Gasteiger partial charge in [0.25, 0.3) is 0 Å². The number of esters is 4. The van der Waals surface area contributed by atoms with Crippen LogP contribution < -0.4 is 5.46 Å². The molecule has 0 unspecified atom stereocenters. The second kappa shape index (κ2) is 24.9. The monoisotopic (exact) mass is 860 g/mol. The van der Waals surface area contributed by atoms with Crippen LogP contribution in [0.15, 0.2) is 114 Å². The highest BCUT2D eigenvalue weighted by atomic mass is 79.9. The summed E-state index contributed by atoms with van der Waals surface area (Å²) in [7, 11) is -1.34. The lowest BCUT2D eigenvalue weighted by Crippen LogP contribution is -2.29. The summed E-state index contributed by atoms with van der Waals surface area (Å²) in [5.74, 6) is -1.80. The van der Waals surface area contributed by atoms with E-state index in [1.54, 1.807) is 38.1 Å². The van der Waals surface area contributed by atoms with E-state index in [9.17, 15) is 19.2 Å². The van der Waals surface area contributed by atoms with Gasteiger partial charge in [0, 0.05) is 16.3 Å². The maximum atomic E-state index is 12.4. The van der Waals surface area contributed by atoms with E-state index in [1.807, 2.05) is 126 Å². The first-order chi connectivity index (χ1) is 27.3. The molecule has 0 amide bonds. The third kappa shape index (κ3) is 20.6. The van der Waals surface area contributed by atoms with E-state index in [1.165, 1.54) is 0 Å². The van der Waals surface area contributed by atoms with Crippen LogP contribution in [0.4, 0.5) is 0 Å². The van der Waals surface area contributed by atoms with E-state index in [0.29, 0.717) is 18.7 Å². The van der Waals surface area contributed by atoms with Crippen LogP contribution in [0.25, 0.3) is 11.1 Å². The second-order valence-corrected chi connectivity index (χ2v) is 16.2. The van der Waals surface area contributed by atoms with Crippen LogP contribution in [-0.4, -0.2) is 65.5 Å². The van der Waals surface area contributed by atoms with E-state index < -0.39 is 18.3 Å². The molecule has 2 N–H and O–H groups in total. The van der Waals surface area contributed by atoms with Crippen LogP contribution >= 0.6 is 15.9 Å². The number of carbonyl (C=O) groups excluding carboxylic acids is 4. The zero-order chi connectivity index (χ0) is 43.3. The van der Waals surface area contributed by atoms with E-state index in [-0.39, 0.29) is 61.4 Å². The van der Waals surface area contributed by atoms with Gasteiger partial charge in [-0.05, 0) is 95.2 Å². The van der Waals surface area contributed by atoms with Gasteiger partial charge < -0.3 is 29.0 Å². The summed E-state index contributed by atoms with van der Waals surface area (Å²) >= 11 is 3.41. The Morgan fingerprint density at radius 3 is 1.34 bits per heavy atom. The molecule has 0 spiro atoms. The molecular formula is C46H58BBrO10. The third-order valence-electron chi connectivity index (χ3n) is 7.99. The molecule has 0 aliphatic rings. The fourth-order valence-corrected chi connectivity index (χ4v) is 6.03. The topological polar surface area (TPSA) is 146 Å². The average Bonchev–Trinajstić information content (AvgIpc) is 3.14. The fourth-order valence-electron chi connectivity index (χ4n) is 5.62. The van der Waals surface area contributed by atoms with Gasteiger partial charge in [0.15, 0.2) is 0 Å². The molecule has 2 atom stereocenters. The van der Waals surface area contributed by atoms with Crippen LogP contribution in [0.2, 0.25) is 0 Å². The SMILES string of the molecule is CCOC(=O)C[C@H](CC(=O)OC(C)(C)C)c1cccc(-c2ccccc2)c1.CCOC(=O)C[C@H](CC(=O)OC(C)(C)C)c1cccc(Br)c1.OB(O)c1ccccc1. The van der Waals surface area contributed by atoms with Crippen molar-refractivity contribution in [2.75, 3.05) is 13.2 Å². The number of rotatable bonds is 14. The van der Waals surface area contributed by atoms with E-state index >= 15 is 0 Å². The van der Waals surface area contributed by atoms with Crippen molar-refractivity contribution in [3.63, 3.8) is 0 Å². The smallest absolute Gasteiger partial charge is 0.466 e. The summed E-state index contributed by atoms with van der Waals surface area (Å²) in [5.41, 5.74) is 3.40. The van der Waals surface area contributed by atoms with Gasteiger partial charge in [-0.2, -0.15) is 0 Å². The molecule has 4 rings (SSSR count). The van der Waals surface area contributed by atoms with E-state index in [0.717, 1.165) is 26.7 Å². The van der Waals surface area contributed by atoms with E-state index in [2.05, 4.69) is 15.9 Å². The highest BCUT2D eigenvalue weighted by Gasteiger charge is 2.26. The zero-order valence-electron chi connectivity index (χ0n) is 34.9. The third-order valence-corrected chi connectivity index (χ3v) is 8.48. The van der Waals surface area contributed by atoms with Crippen LogP contribution in [0.3, 0.4) is 0 Å². The quantitative estimate of drug-likeness (QED) is 0.0718. The molecule has 0 aromatic heterocycles. The Hall–Kier alpha value is -4.78. The lowest BCUT2D eigenvalue weighted by Gasteiger charge is -2.22. The standard InChI is InChI=1S/C23H28O4.C17H23BrO4.C6H7BO2/c1-5-26-21(24)15-20(16-22(25)27-23(2,3)4)19-13-9-12-18(14-19)17-10-7-6-8-11-17;1-5-21-15(19)10-13(11-16(20)22-17(2,3)4)12-7-6-8-14(18)9-12;8-7(9)6-4-2-1-3-5-6/h6-14,20H,5,15-16H2,1-4H3;6-9,13H,5,10-11H2,1-4H3;1-5,8-9H/t20-;13-;/m11./s1. The fraction of sp³-hybridized carbons (Fsp3) is 0.391. The van der Waals surface area contributed by atoms with Gasteiger partial charge in [-0.3, -0.25) is 19.2 Å². The van der Waals surface area contributed by atoms with Crippen molar-refractivity contribution < 1.29 is 48.2 Å². The van der Waals surface area contributed by atoms with Gasteiger partial charge in [-0.15, -0.1) is 0 Å². The molecule has 0 radical (unpaired) electrons. The molecular weight excluding hydrogens is 803 g/mol. The zero-order valence-corrected chi connectivity index (χ0v) is 36.5. The highest BCUT2D eigenvalue weighted by Crippen LogP contribution is 2.30. The summed E-state index contributed by atoms with van der Waals surface area (Å²) in [6.07, 6.45) is 0.579. The van der Waals surface area contributed by atoms with Crippen molar-refractivity contribution in [2.24, 2.45) is 0 Å². The van der Waals surface area contributed by atoms with Gasteiger partial charge in [0.2, 0.25) is 0 Å². The Morgan fingerprint density at radius 2 is 0.948 bits per heavy atom. The predicted octanol–water partition coefficient (Wildman–Crippen LogP) is 8.71. The first kappa shape index (κ1) is 49.4. The van der Waals surface area contributed by atoms with Crippen molar-refractivity contribution in [3.8, 4) is 11.1 Å². The van der Waals surface area contributed by atoms with Gasteiger partial charge in [-0.25, -0.2) is 0 Å². The summed E-state index contributed by atoms with van der Waals surface area (Å²) in [4.78, 5) is 48.3. The lowest BCUT2D eigenvalue weighted by molar-refractivity contribution is -0.157. The van der Waals surface area contributed by atoms with Gasteiger partial charge in [-0.1, -0.05) is 113 Å². The van der Waals surface area contributed by atoms with Gasteiger partial charge in [0.05, 0.1) is 38.9 Å². The number of hydrogen-bond donors (Lipinski definition) is 2. The first-order valence-electron chi connectivity index (χ1n) is 19.4. The Balaban J connectivity index is 0.000000334. The Bertz CT molecular complexity index is 1850. The summed E-state index contributed by atoms with van der Waals surface area (Å²) < 4.78 is 21.8. The molecule has 10 nitrogen and oxygen atoms in total. The Kier molecular flexibility index (Phi) is 21.2. The lowest BCUT2D eigenvalue weighted by atomic mass is 9.81. The molecule has 4 aromatic rings. The number of carbonyl (C=O) groups is 4. The molecule has 0 bridgehead atoms. The molecule has 0 aliphatic carbocycles. The van der Waals surface area contributed by atoms with Crippen LogP contribution in [0.5, 0.6) is 0 Å². The number of hydrogen-bond acceptors (Lipinski definition) is 10. The first-order valence-corrected chi connectivity index (χ1v) is 20.2. The van der Waals surface area contributed by atoms with Crippen LogP contribution in [0, 0.1) is 0 Å². The largest absolute Gasteiger partial charge is 0.488 e. The predicted molar refractivity (Wildman–Crippen MR) is 231 cm³/mol. The van der Waals surface area contributed by atoms with Gasteiger partial charge >= 0.3 is 31.0 Å². The number of benzene rings is 4. The molecule has 0 saturated heterocycles. The summed E-state index contributed by atoms with van der Waals surface area (Å²) in [6.45, 7) is 15.2. The van der Waals surface area contributed by atoms with Crippen molar-refractivity contribution in [3.05, 3.63) is 125 Å². The molecule has 0 saturated carbocycles. The molecule has 58 heavy (non-hydrogen) atoms. The van der Waals surface area contributed by atoms with Crippen molar-refractivity contribution in [1.29, 1.82) is 0 Å². The maximum Gasteiger partial charge on any atom is 0.488 e. The van der Waals surface area contributed by atoms with Crippen LogP contribution in [-0.2, 0) is 38.1 Å². The Morgan fingerprint density at radius 1 is 0.552 bits per heavy atom. The maximum absolute atomic E-state index is 12.4. The number of halogens is 1. The normalized spacial score (nSPS) is 11.9. The molecule has 0 heterocycles. The molecule has 0 fully saturated rings. The minimum Gasteiger partial charge on any atom is -0.466 e. The molecule has 12 heteroatoms. The summed E-state index contributed by atoms with van der Waals surface area (Å²) in [6, 6.07) is 34.2. The van der Waals surface area contributed by atoms with Crippen LogP contribution in [0.1, 0.15) is 104 Å². The van der Waals surface area contributed by atoms with E-state index in [4.69, 9.17) is 29.0 Å². The van der Waals surface area contributed by atoms with Crippen molar-refractivity contribution in [2.45, 2.75) is 104 Å². The van der Waals surface area contributed by atoms with Crippen molar-refractivity contribution in [1.82, 2.24) is 0 Å². The summed E-state index contributed by atoms with van der Waals surface area (Å²) in [5, 5.41) is 17.2. The molecule has 4 aromatic carbocycles. The highest BCUT2D eigenvalue weighted by molar-refractivity contribution is 9.10. The average molecular weight is 862 g/mol. The van der Waals surface area contributed by atoms with Gasteiger partial charge in [0.1, 0.15) is 11.2 Å². The minimum absolute atomic E-state index is 0.133. The second-order valence-electron chi connectivity index (χ2n) is 15.3. The molecule has 0 aliphatic heterocycles. The van der Waals surface area contributed by atoms with Crippen molar-refractivity contribution >= 4 is 52.4 Å². The Labute approximate surface area is 352 Å². The molecule has 312 valence electrons. The number of ether oxygens (including phenoxy) is 4.